The third kappa shape index (κ3) is 2.09. The molecular formula is C15H12N2O3. The van der Waals surface area contributed by atoms with Gasteiger partial charge < -0.3 is 9.73 Å². The van der Waals surface area contributed by atoms with Gasteiger partial charge in [-0.25, -0.2) is 4.79 Å². The molecule has 2 aromatic carbocycles. The van der Waals surface area contributed by atoms with E-state index in [9.17, 15) is 9.59 Å². The van der Waals surface area contributed by atoms with Crippen LogP contribution in [0.25, 0.3) is 11.1 Å². The highest BCUT2D eigenvalue weighted by Gasteiger charge is 2.11. The van der Waals surface area contributed by atoms with Gasteiger partial charge in [-0.2, -0.15) is 0 Å². The van der Waals surface area contributed by atoms with Crippen LogP contribution < -0.4 is 11.1 Å². The number of ketones is 1. The number of benzene rings is 2. The first-order chi connectivity index (χ1) is 9.67. The van der Waals surface area contributed by atoms with Crippen molar-refractivity contribution in [1.82, 2.24) is 4.98 Å². The summed E-state index contributed by atoms with van der Waals surface area (Å²) in [6, 6.07) is 12.1. The summed E-state index contributed by atoms with van der Waals surface area (Å²) in [6.45, 7) is 0. The molecule has 0 fully saturated rings. The molecule has 3 aromatic rings. The van der Waals surface area contributed by atoms with E-state index in [2.05, 4.69) is 10.3 Å². The normalized spacial score (nSPS) is 10.7. The predicted molar refractivity (Wildman–Crippen MR) is 76.3 cm³/mol. The number of hydrogen-bond acceptors (Lipinski definition) is 4. The minimum absolute atomic E-state index is 0.113. The third-order valence-electron chi connectivity index (χ3n) is 3.12. The number of carbonyl (C=O) groups excluding carboxylic acids is 1. The lowest BCUT2D eigenvalue weighted by molar-refractivity contribution is 0.103. The van der Waals surface area contributed by atoms with Crippen LogP contribution in [0, 0.1) is 0 Å². The Hall–Kier alpha value is -2.82. The fourth-order valence-electron chi connectivity index (χ4n) is 2.04. The highest BCUT2D eigenvalue weighted by atomic mass is 16.4. The van der Waals surface area contributed by atoms with Crippen LogP contribution in [-0.4, -0.2) is 17.8 Å². The van der Waals surface area contributed by atoms with Crippen LogP contribution in [0.3, 0.4) is 0 Å². The maximum atomic E-state index is 12.3. The zero-order valence-corrected chi connectivity index (χ0v) is 10.8. The van der Waals surface area contributed by atoms with Crippen molar-refractivity contribution < 1.29 is 9.21 Å². The number of fused-ring (bicyclic) bond motifs is 1. The number of aromatic amines is 1. The summed E-state index contributed by atoms with van der Waals surface area (Å²) in [6.07, 6.45) is 0. The molecule has 1 aromatic heterocycles. The predicted octanol–water partition coefficient (Wildman–Crippen LogP) is 2.39. The van der Waals surface area contributed by atoms with Crippen LogP contribution in [-0.2, 0) is 0 Å². The van der Waals surface area contributed by atoms with Crippen molar-refractivity contribution >= 4 is 22.6 Å². The molecule has 0 saturated heterocycles. The Labute approximate surface area is 114 Å². The number of anilines is 1. The van der Waals surface area contributed by atoms with E-state index in [0.717, 1.165) is 5.69 Å². The number of rotatable bonds is 3. The fourth-order valence-corrected chi connectivity index (χ4v) is 2.04. The molecule has 0 atom stereocenters. The summed E-state index contributed by atoms with van der Waals surface area (Å²) in [5.74, 6) is -0.638. The maximum Gasteiger partial charge on any atom is 0.417 e. The molecule has 3 rings (SSSR count). The number of nitrogens with one attached hydrogen (secondary N) is 2. The molecule has 0 amide bonds. The fraction of sp³-hybridized carbons (Fsp3) is 0.0667. The van der Waals surface area contributed by atoms with Gasteiger partial charge in [-0.3, -0.25) is 9.78 Å². The van der Waals surface area contributed by atoms with Gasteiger partial charge in [-0.05, 0) is 42.5 Å². The molecule has 1 heterocycles. The Bertz CT molecular complexity index is 828. The quantitative estimate of drug-likeness (QED) is 0.715. The first kappa shape index (κ1) is 12.2. The molecule has 0 bridgehead atoms. The van der Waals surface area contributed by atoms with E-state index in [1.165, 1.54) is 0 Å². The largest absolute Gasteiger partial charge is 0.417 e. The zero-order chi connectivity index (χ0) is 14.1. The van der Waals surface area contributed by atoms with Crippen molar-refractivity contribution in [3.8, 4) is 0 Å². The average molecular weight is 268 g/mol. The third-order valence-corrected chi connectivity index (χ3v) is 3.12. The van der Waals surface area contributed by atoms with E-state index in [-0.39, 0.29) is 5.78 Å². The van der Waals surface area contributed by atoms with Crippen molar-refractivity contribution in [3.63, 3.8) is 0 Å². The Balaban J connectivity index is 2.00. The van der Waals surface area contributed by atoms with Crippen molar-refractivity contribution in [2.45, 2.75) is 0 Å². The zero-order valence-electron chi connectivity index (χ0n) is 10.8. The highest BCUT2D eigenvalue weighted by molar-refractivity contribution is 6.10. The van der Waals surface area contributed by atoms with E-state index in [4.69, 9.17) is 4.42 Å². The van der Waals surface area contributed by atoms with E-state index in [1.807, 2.05) is 19.2 Å². The average Bonchev–Trinajstić information content (AvgIpc) is 2.85. The van der Waals surface area contributed by atoms with Crippen LogP contribution in [0.15, 0.2) is 51.7 Å². The van der Waals surface area contributed by atoms with E-state index >= 15 is 0 Å². The summed E-state index contributed by atoms with van der Waals surface area (Å²) >= 11 is 0. The molecule has 20 heavy (non-hydrogen) atoms. The van der Waals surface area contributed by atoms with Crippen molar-refractivity contribution in [1.29, 1.82) is 0 Å². The van der Waals surface area contributed by atoms with Crippen molar-refractivity contribution in [2.75, 3.05) is 12.4 Å². The Morgan fingerprint density at radius 3 is 2.50 bits per heavy atom. The number of oxazole rings is 1. The number of aromatic nitrogens is 1. The standard InChI is InChI=1S/C15H12N2O3/c1-16-11-5-2-9(3-6-11)14(18)10-4-7-12-13(8-10)20-15(19)17-12/h2-8,16H,1H3,(H,17,19). The molecule has 0 radical (unpaired) electrons. The van der Waals surface area contributed by atoms with E-state index in [1.54, 1.807) is 30.3 Å². The van der Waals surface area contributed by atoms with Crippen LogP contribution in [0.5, 0.6) is 0 Å². The lowest BCUT2D eigenvalue weighted by Crippen LogP contribution is -2.01. The maximum absolute atomic E-state index is 12.3. The molecule has 0 aliphatic heterocycles. The monoisotopic (exact) mass is 268 g/mol. The Morgan fingerprint density at radius 2 is 1.80 bits per heavy atom. The second-order valence-corrected chi connectivity index (χ2v) is 4.38. The van der Waals surface area contributed by atoms with Gasteiger partial charge in [0.1, 0.15) is 0 Å². The first-order valence-corrected chi connectivity index (χ1v) is 6.13. The van der Waals surface area contributed by atoms with Crippen molar-refractivity contribution in [2.24, 2.45) is 0 Å². The molecule has 0 unspecified atom stereocenters. The summed E-state index contributed by atoms with van der Waals surface area (Å²) < 4.78 is 4.96. The highest BCUT2D eigenvalue weighted by Crippen LogP contribution is 2.17. The van der Waals surface area contributed by atoms with E-state index in [0.29, 0.717) is 22.2 Å². The second-order valence-electron chi connectivity index (χ2n) is 4.38. The lowest BCUT2D eigenvalue weighted by Gasteiger charge is -2.03. The molecule has 5 heteroatoms. The van der Waals surface area contributed by atoms with Gasteiger partial charge in [0.05, 0.1) is 5.52 Å². The molecule has 0 aliphatic rings. The molecule has 0 saturated carbocycles. The lowest BCUT2D eigenvalue weighted by atomic mass is 10.0. The summed E-state index contributed by atoms with van der Waals surface area (Å²) in [5.41, 5.74) is 2.97. The SMILES string of the molecule is CNc1ccc(C(=O)c2ccc3[nH]c(=O)oc3c2)cc1. The summed E-state index contributed by atoms with van der Waals surface area (Å²) in [5, 5.41) is 2.99. The Kier molecular flexibility index (Phi) is 2.87. The topological polar surface area (TPSA) is 75.1 Å². The van der Waals surface area contributed by atoms with Gasteiger partial charge in [-0.15, -0.1) is 0 Å². The van der Waals surface area contributed by atoms with Gasteiger partial charge in [0.2, 0.25) is 0 Å². The van der Waals surface area contributed by atoms with Crippen molar-refractivity contribution in [3.05, 3.63) is 64.1 Å². The van der Waals surface area contributed by atoms with Gasteiger partial charge in [0, 0.05) is 23.9 Å². The number of hydrogen-bond donors (Lipinski definition) is 2. The number of carbonyl (C=O) groups is 1. The van der Waals surface area contributed by atoms with Crippen LogP contribution in [0.1, 0.15) is 15.9 Å². The molecule has 2 N–H and O–H groups in total. The Morgan fingerprint density at radius 1 is 1.10 bits per heavy atom. The minimum Gasteiger partial charge on any atom is -0.408 e. The molecule has 0 spiro atoms. The van der Waals surface area contributed by atoms with Gasteiger partial charge in [0.25, 0.3) is 0 Å². The van der Waals surface area contributed by atoms with Crippen LogP contribution >= 0.6 is 0 Å². The van der Waals surface area contributed by atoms with Crippen LogP contribution in [0.2, 0.25) is 0 Å². The minimum atomic E-state index is -0.525. The van der Waals surface area contributed by atoms with Crippen LogP contribution in [0.4, 0.5) is 5.69 Å². The second kappa shape index (κ2) is 4.70. The smallest absolute Gasteiger partial charge is 0.408 e. The molecule has 5 nitrogen and oxygen atoms in total. The van der Waals surface area contributed by atoms with Gasteiger partial charge >= 0.3 is 5.76 Å². The molecular weight excluding hydrogens is 256 g/mol. The first-order valence-electron chi connectivity index (χ1n) is 6.13. The molecule has 0 aliphatic carbocycles. The summed E-state index contributed by atoms with van der Waals surface area (Å²) in [7, 11) is 1.82. The van der Waals surface area contributed by atoms with Gasteiger partial charge in [0.15, 0.2) is 11.4 Å². The van der Waals surface area contributed by atoms with E-state index < -0.39 is 5.76 Å². The summed E-state index contributed by atoms with van der Waals surface area (Å²) in [4.78, 5) is 26.0. The van der Waals surface area contributed by atoms with Gasteiger partial charge in [-0.1, -0.05) is 0 Å². The molecule has 100 valence electrons. The number of H-pyrrole nitrogens is 1.